The third kappa shape index (κ3) is 4.63. The molecule has 0 fully saturated rings. The molecule has 19 heavy (non-hydrogen) atoms. The summed E-state index contributed by atoms with van der Waals surface area (Å²) < 4.78 is 31.5. The number of anilines is 1. The molecule has 6 heteroatoms. The third-order valence-electron chi connectivity index (χ3n) is 2.49. The molecule has 96 valence electrons. The molecule has 0 saturated heterocycles. The van der Waals surface area contributed by atoms with Gasteiger partial charge in [-0.15, -0.1) is 0 Å². The molecule has 0 unspecified atom stereocenters. The molecule has 0 aliphatic heterocycles. The molecule has 0 atom stereocenters. The maximum absolute atomic E-state index is 11.2. The molecule has 0 spiro atoms. The van der Waals surface area contributed by atoms with Gasteiger partial charge in [-0.1, -0.05) is 42.5 Å². The molecule has 0 bridgehead atoms. The Kier molecular flexibility index (Phi) is 6.03. The van der Waals surface area contributed by atoms with Gasteiger partial charge in [0.1, 0.15) is 4.90 Å². The van der Waals surface area contributed by atoms with Crippen LogP contribution < -0.4 is 5.32 Å². The van der Waals surface area contributed by atoms with Gasteiger partial charge in [0, 0.05) is 6.54 Å². The molecule has 0 saturated carbocycles. The summed E-state index contributed by atoms with van der Waals surface area (Å²) >= 11 is 0. The van der Waals surface area contributed by atoms with Crippen LogP contribution in [0.15, 0.2) is 59.5 Å². The zero-order chi connectivity index (χ0) is 13.0. The Morgan fingerprint density at radius 1 is 0.947 bits per heavy atom. The Morgan fingerprint density at radius 2 is 1.53 bits per heavy atom. The van der Waals surface area contributed by atoms with Crippen molar-refractivity contribution >= 4 is 45.4 Å². The second kappa shape index (κ2) is 7.07. The van der Waals surface area contributed by atoms with Crippen molar-refractivity contribution in [3.63, 3.8) is 0 Å². The van der Waals surface area contributed by atoms with Crippen LogP contribution in [0.5, 0.6) is 0 Å². The molecular formula is C13H14NNaO3S. The van der Waals surface area contributed by atoms with E-state index in [0.29, 0.717) is 12.2 Å². The fourth-order valence-electron chi connectivity index (χ4n) is 1.63. The van der Waals surface area contributed by atoms with Gasteiger partial charge in [-0.2, -0.15) is 8.42 Å². The Morgan fingerprint density at radius 3 is 2.16 bits per heavy atom. The topological polar surface area (TPSA) is 66.4 Å². The summed E-state index contributed by atoms with van der Waals surface area (Å²) in [6, 6.07) is 15.9. The zero-order valence-electron chi connectivity index (χ0n) is 9.58. The predicted molar refractivity (Wildman–Crippen MR) is 77.2 cm³/mol. The molecule has 4 nitrogen and oxygen atoms in total. The van der Waals surface area contributed by atoms with Crippen molar-refractivity contribution in [1.82, 2.24) is 0 Å². The molecule has 0 amide bonds. The van der Waals surface area contributed by atoms with Gasteiger partial charge in [-0.25, -0.2) is 0 Å². The number of rotatable bonds is 4. The van der Waals surface area contributed by atoms with Crippen molar-refractivity contribution in [2.45, 2.75) is 11.4 Å². The summed E-state index contributed by atoms with van der Waals surface area (Å²) in [7, 11) is -4.20. The van der Waals surface area contributed by atoms with E-state index in [-0.39, 0.29) is 34.5 Å². The fourth-order valence-corrected chi connectivity index (χ4v) is 2.30. The first-order valence-corrected chi connectivity index (χ1v) is 6.86. The van der Waals surface area contributed by atoms with E-state index in [9.17, 15) is 8.42 Å². The second-order valence-corrected chi connectivity index (χ2v) is 5.20. The average Bonchev–Trinajstić information content (AvgIpc) is 2.37. The van der Waals surface area contributed by atoms with Crippen LogP contribution in [0.1, 0.15) is 5.56 Å². The maximum atomic E-state index is 11.2. The van der Waals surface area contributed by atoms with E-state index in [2.05, 4.69) is 5.32 Å². The average molecular weight is 287 g/mol. The Hall–Kier alpha value is -0.850. The summed E-state index contributed by atoms with van der Waals surface area (Å²) in [4.78, 5) is -0.110. The number of hydrogen-bond donors (Lipinski definition) is 2. The number of para-hydroxylation sites is 1. The number of nitrogens with one attached hydrogen (secondary N) is 1. The van der Waals surface area contributed by atoms with Crippen LogP contribution in [-0.2, 0) is 16.7 Å². The second-order valence-electron chi connectivity index (χ2n) is 3.81. The zero-order valence-corrected chi connectivity index (χ0v) is 10.4. The van der Waals surface area contributed by atoms with Gasteiger partial charge in [0.2, 0.25) is 0 Å². The van der Waals surface area contributed by atoms with Crippen molar-refractivity contribution < 1.29 is 13.0 Å². The first kappa shape index (κ1) is 16.2. The SMILES string of the molecule is O=S(=O)(O)c1ccccc1NCc1ccccc1.[NaH]. The van der Waals surface area contributed by atoms with E-state index in [1.807, 2.05) is 30.3 Å². The molecule has 0 aliphatic rings. The fraction of sp³-hybridized carbons (Fsp3) is 0.0769. The van der Waals surface area contributed by atoms with Crippen molar-refractivity contribution in [3.05, 3.63) is 60.2 Å². The van der Waals surface area contributed by atoms with E-state index in [4.69, 9.17) is 4.55 Å². The molecular weight excluding hydrogens is 273 g/mol. The third-order valence-corrected chi connectivity index (χ3v) is 3.40. The Bertz CT molecular complexity index is 629. The standard InChI is InChI=1S/C13H13NO3S.Na.H/c15-18(16,17)13-9-5-4-8-12(13)14-10-11-6-2-1-3-7-11;;/h1-9,14H,10H2,(H,15,16,17);;. The molecule has 2 aromatic rings. The van der Waals surface area contributed by atoms with Crippen molar-refractivity contribution in [2.75, 3.05) is 5.32 Å². The summed E-state index contributed by atoms with van der Waals surface area (Å²) in [5.74, 6) is 0. The van der Waals surface area contributed by atoms with Gasteiger partial charge in [0.15, 0.2) is 0 Å². The van der Waals surface area contributed by atoms with Crippen molar-refractivity contribution in [2.24, 2.45) is 0 Å². The minimum absolute atomic E-state index is 0. The quantitative estimate of drug-likeness (QED) is 0.666. The Labute approximate surface area is 134 Å². The van der Waals surface area contributed by atoms with Crippen LogP contribution in [0.4, 0.5) is 5.69 Å². The van der Waals surface area contributed by atoms with Crippen LogP contribution in [0.3, 0.4) is 0 Å². The van der Waals surface area contributed by atoms with E-state index in [1.54, 1.807) is 18.2 Å². The van der Waals surface area contributed by atoms with Gasteiger partial charge >= 0.3 is 29.6 Å². The van der Waals surface area contributed by atoms with E-state index >= 15 is 0 Å². The van der Waals surface area contributed by atoms with Gasteiger partial charge < -0.3 is 5.32 Å². The van der Waals surface area contributed by atoms with Crippen LogP contribution in [-0.4, -0.2) is 42.5 Å². The van der Waals surface area contributed by atoms with Crippen molar-refractivity contribution in [1.29, 1.82) is 0 Å². The summed E-state index contributed by atoms with van der Waals surface area (Å²) in [6.07, 6.45) is 0. The van der Waals surface area contributed by atoms with Crippen LogP contribution in [0.25, 0.3) is 0 Å². The van der Waals surface area contributed by atoms with Crippen LogP contribution in [0.2, 0.25) is 0 Å². The van der Waals surface area contributed by atoms with Gasteiger partial charge in [0.25, 0.3) is 10.1 Å². The first-order chi connectivity index (χ1) is 8.57. The summed E-state index contributed by atoms with van der Waals surface area (Å²) in [5, 5.41) is 3.00. The number of hydrogen-bond acceptors (Lipinski definition) is 3. The van der Waals surface area contributed by atoms with Crippen LogP contribution in [0, 0.1) is 0 Å². The molecule has 0 heterocycles. The first-order valence-electron chi connectivity index (χ1n) is 5.42. The van der Waals surface area contributed by atoms with Gasteiger partial charge in [-0.3, -0.25) is 4.55 Å². The van der Waals surface area contributed by atoms with Gasteiger partial charge in [0.05, 0.1) is 5.69 Å². The molecule has 2 aromatic carbocycles. The molecule has 0 aliphatic carbocycles. The molecule has 2 rings (SSSR count). The number of benzene rings is 2. The van der Waals surface area contributed by atoms with E-state index in [1.165, 1.54) is 6.07 Å². The van der Waals surface area contributed by atoms with Crippen molar-refractivity contribution in [3.8, 4) is 0 Å². The summed E-state index contributed by atoms with van der Waals surface area (Å²) in [5.41, 5.74) is 1.42. The van der Waals surface area contributed by atoms with E-state index in [0.717, 1.165) is 5.56 Å². The molecule has 0 aromatic heterocycles. The normalized spacial score (nSPS) is 10.6. The predicted octanol–water partition coefficient (Wildman–Crippen LogP) is 1.90. The monoisotopic (exact) mass is 287 g/mol. The summed E-state index contributed by atoms with van der Waals surface area (Å²) in [6.45, 7) is 0.493. The Balaban J connectivity index is 0.00000180. The molecule has 2 N–H and O–H groups in total. The molecule has 0 radical (unpaired) electrons. The minimum atomic E-state index is -4.20. The van der Waals surface area contributed by atoms with Gasteiger partial charge in [-0.05, 0) is 17.7 Å². The van der Waals surface area contributed by atoms with E-state index < -0.39 is 10.1 Å². The van der Waals surface area contributed by atoms with Crippen LogP contribution >= 0.6 is 0 Å².